The van der Waals surface area contributed by atoms with Crippen molar-refractivity contribution in [2.45, 2.75) is 13.0 Å². The number of carbonyl (C=O) groups excluding carboxylic acids is 2. The number of nitrogens with zero attached hydrogens (tertiary/aromatic N) is 2. The van der Waals surface area contributed by atoms with Gasteiger partial charge in [-0.3, -0.25) is 19.6 Å². The molecule has 7 heteroatoms. The first-order valence-corrected chi connectivity index (χ1v) is 8.76. The van der Waals surface area contributed by atoms with Crippen molar-refractivity contribution in [2.75, 3.05) is 11.4 Å². The third kappa shape index (κ3) is 3.04. The summed E-state index contributed by atoms with van der Waals surface area (Å²) in [5.41, 5.74) is 1.71. The Balaban J connectivity index is 1.46. The second kappa shape index (κ2) is 6.80. The highest BCUT2D eigenvalue weighted by Gasteiger charge is 2.36. The molecule has 1 aromatic heterocycles. The van der Waals surface area contributed by atoms with E-state index in [1.54, 1.807) is 11.0 Å². The van der Waals surface area contributed by atoms with Gasteiger partial charge in [-0.1, -0.05) is 41.9 Å². The maximum absolute atomic E-state index is 12.5. The molecule has 132 valence electrons. The van der Waals surface area contributed by atoms with E-state index < -0.39 is 5.92 Å². The number of fused-ring (bicyclic) bond motifs is 1. The van der Waals surface area contributed by atoms with Gasteiger partial charge in [0.05, 0.1) is 11.4 Å². The minimum Gasteiger partial charge on any atom is -0.352 e. The topological polar surface area (TPSA) is 78.1 Å². The van der Waals surface area contributed by atoms with E-state index in [-0.39, 0.29) is 18.2 Å². The van der Waals surface area contributed by atoms with Crippen LogP contribution >= 0.6 is 11.6 Å². The summed E-state index contributed by atoms with van der Waals surface area (Å²) in [6.07, 6.45) is 0.176. The van der Waals surface area contributed by atoms with Crippen LogP contribution in [-0.4, -0.2) is 28.6 Å². The number of nitrogens with one attached hydrogen (secondary N) is 2. The highest BCUT2D eigenvalue weighted by molar-refractivity contribution is 6.31. The molecule has 0 bridgehead atoms. The number of carbonyl (C=O) groups is 2. The third-order valence-corrected chi connectivity index (χ3v) is 4.98. The Kier molecular flexibility index (Phi) is 4.34. The average molecular weight is 369 g/mol. The van der Waals surface area contributed by atoms with Crippen LogP contribution in [0, 0.1) is 5.92 Å². The van der Waals surface area contributed by atoms with Crippen LogP contribution in [0.15, 0.2) is 48.5 Å². The monoisotopic (exact) mass is 368 g/mol. The van der Waals surface area contributed by atoms with Gasteiger partial charge in [0.15, 0.2) is 5.82 Å². The molecule has 26 heavy (non-hydrogen) atoms. The first-order chi connectivity index (χ1) is 12.6. The molecule has 1 fully saturated rings. The molecule has 0 radical (unpaired) electrons. The molecule has 2 aromatic carbocycles. The summed E-state index contributed by atoms with van der Waals surface area (Å²) in [4.78, 5) is 26.5. The van der Waals surface area contributed by atoms with E-state index in [2.05, 4.69) is 15.5 Å². The summed E-state index contributed by atoms with van der Waals surface area (Å²) in [5, 5.41) is 11.5. The van der Waals surface area contributed by atoms with Gasteiger partial charge in [-0.15, -0.1) is 0 Å². The van der Waals surface area contributed by atoms with E-state index in [1.165, 1.54) is 0 Å². The summed E-state index contributed by atoms with van der Waals surface area (Å²) in [5.74, 6) is -0.0757. The number of benzene rings is 2. The van der Waals surface area contributed by atoms with Crippen LogP contribution in [0.3, 0.4) is 0 Å². The Hall–Kier alpha value is -2.86. The van der Waals surface area contributed by atoms with Gasteiger partial charge in [0.25, 0.3) is 0 Å². The maximum atomic E-state index is 12.5. The van der Waals surface area contributed by atoms with Crippen molar-refractivity contribution in [1.82, 2.24) is 15.5 Å². The van der Waals surface area contributed by atoms with E-state index >= 15 is 0 Å². The van der Waals surface area contributed by atoms with Crippen LogP contribution in [0.1, 0.15) is 12.0 Å². The van der Waals surface area contributed by atoms with Crippen LogP contribution in [0.4, 0.5) is 5.82 Å². The zero-order chi connectivity index (χ0) is 18.1. The van der Waals surface area contributed by atoms with E-state index in [4.69, 9.17) is 11.6 Å². The lowest BCUT2D eigenvalue weighted by Gasteiger charge is -2.14. The van der Waals surface area contributed by atoms with Gasteiger partial charge in [-0.2, -0.15) is 5.10 Å². The van der Waals surface area contributed by atoms with Crippen LogP contribution in [0.25, 0.3) is 10.9 Å². The lowest BCUT2D eigenvalue weighted by molar-refractivity contribution is -0.126. The number of hydrogen-bond acceptors (Lipinski definition) is 3. The molecule has 0 spiro atoms. The lowest BCUT2D eigenvalue weighted by atomic mass is 10.1. The van der Waals surface area contributed by atoms with Gasteiger partial charge < -0.3 is 5.32 Å². The van der Waals surface area contributed by atoms with E-state index in [0.717, 1.165) is 16.5 Å². The van der Waals surface area contributed by atoms with Crippen LogP contribution < -0.4 is 10.2 Å². The van der Waals surface area contributed by atoms with Crippen LogP contribution in [0.2, 0.25) is 5.02 Å². The Morgan fingerprint density at radius 2 is 2.00 bits per heavy atom. The number of H-pyrrole nitrogens is 1. The molecule has 1 aliphatic heterocycles. The zero-order valence-electron chi connectivity index (χ0n) is 13.9. The maximum Gasteiger partial charge on any atom is 0.229 e. The van der Waals surface area contributed by atoms with Crippen molar-refractivity contribution in [1.29, 1.82) is 0 Å². The predicted octanol–water partition coefficient (Wildman–Crippen LogP) is 2.89. The van der Waals surface area contributed by atoms with Gasteiger partial charge in [-0.05, 0) is 23.8 Å². The summed E-state index contributed by atoms with van der Waals surface area (Å²) >= 11 is 6.11. The number of aromatic nitrogens is 2. The van der Waals surface area contributed by atoms with Crippen LogP contribution in [-0.2, 0) is 16.1 Å². The molecule has 4 rings (SSSR count). The van der Waals surface area contributed by atoms with E-state index in [0.29, 0.717) is 23.9 Å². The summed E-state index contributed by atoms with van der Waals surface area (Å²) < 4.78 is 0. The van der Waals surface area contributed by atoms with Crippen molar-refractivity contribution in [3.05, 3.63) is 59.1 Å². The zero-order valence-corrected chi connectivity index (χ0v) is 14.7. The molecule has 2 N–H and O–H groups in total. The van der Waals surface area contributed by atoms with Gasteiger partial charge in [0, 0.05) is 29.9 Å². The number of rotatable bonds is 4. The number of amides is 2. The normalized spacial score (nSPS) is 17.0. The van der Waals surface area contributed by atoms with Crippen molar-refractivity contribution in [3.8, 4) is 0 Å². The number of anilines is 1. The second-order valence-electron chi connectivity index (χ2n) is 6.31. The summed E-state index contributed by atoms with van der Waals surface area (Å²) in [7, 11) is 0. The van der Waals surface area contributed by atoms with Crippen molar-refractivity contribution in [3.63, 3.8) is 0 Å². The molecule has 1 atom stereocenters. The first-order valence-electron chi connectivity index (χ1n) is 8.38. The minimum atomic E-state index is -0.402. The number of halogens is 1. The summed E-state index contributed by atoms with van der Waals surface area (Å²) in [6.45, 7) is 0.663. The molecule has 1 aliphatic rings. The number of hydrogen-bond donors (Lipinski definition) is 2. The second-order valence-corrected chi connectivity index (χ2v) is 6.71. The van der Waals surface area contributed by atoms with Crippen molar-refractivity contribution >= 4 is 40.1 Å². The molecule has 2 heterocycles. The van der Waals surface area contributed by atoms with Crippen LogP contribution in [0.5, 0.6) is 0 Å². The fourth-order valence-corrected chi connectivity index (χ4v) is 3.41. The Morgan fingerprint density at radius 1 is 1.23 bits per heavy atom. The number of aromatic amines is 1. The minimum absolute atomic E-state index is 0.0971. The first kappa shape index (κ1) is 16.6. The Bertz CT molecular complexity index is 984. The van der Waals surface area contributed by atoms with Crippen molar-refractivity contribution < 1.29 is 9.59 Å². The predicted molar refractivity (Wildman–Crippen MR) is 99.9 cm³/mol. The molecule has 0 aliphatic carbocycles. The molecular formula is C19H17ClN4O2. The van der Waals surface area contributed by atoms with Gasteiger partial charge in [0.1, 0.15) is 0 Å². The smallest absolute Gasteiger partial charge is 0.229 e. The standard InChI is InChI=1S/C19H17ClN4O2/c20-15-7-3-1-5-12(15)10-21-19(26)13-9-17(25)24(11-13)18-14-6-2-4-8-16(14)22-23-18/h1-8,13H,9-11H2,(H,21,26)(H,22,23)/t13-/m0/s1. The third-order valence-electron chi connectivity index (χ3n) is 4.61. The molecule has 6 nitrogen and oxygen atoms in total. The highest BCUT2D eigenvalue weighted by Crippen LogP contribution is 2.29. The van der Waals surface area contributed by atoms with Crippen molar-refractivity contribution in [2.24, 2.45) is 5.92 Å². The molecular weight excluding hydrogens is 352 g/mol. The summed E-state index contributed by atoms with van der Waals surface area (Å²) in [6, 6.07) is 15.0. The average Bonchev–Trinajstić information content (AvgIpc) is 3.24. The molecule has 3 aromatic rings. The lowest BCUT2D eigenvalue weighted by Crippen LogP contribution is -2.32. The Morgan fingerprint density at radius 3 is 2.85 bits per heavy atom. The fraction of sp³-hybridized carbons (Fsp3) is 0.211. The largest absolute Gasteiger partial charge is 0.352 e. The highest BCUT2D eigenvalue weighted by atomic mass is 35.5. The van der Waals surface area contributed by atoms with E-state index in [1.807, 2.05) is 42.5 Å². The van der Waals surface area contributed by atoms with E-state index in [9.17, 15) is 9.59 Å². The fourth-order valence-electron chi connectivity index (χ4n) is 3.21. The molecule has 2 amide bonds. The molecule has 0 unspecified atom stereocenters. The quantitative estimate of drug-likeness (QED) is 0.743. The van der Waals surface area contributed by atoms with Gasteiger partial charge in [0.2, 0.25) is 11.8 Å². The van der Waals surface area contributed by atoms with Gasteiger partial charge >= 0.3 is 0 Å². The molecule has 1 saturated heterocycles. The number of para-hydroxylation sites is 1. The Labute approximate surface area is 155 Å². The molecule has 0 saturated carbocycles. The van der Waals surface area contributed by atoms with Gasteiger partial charge in [-0.25, -0.2) is 0 Å². The SMILES string of the molecule is O=C(NCc1ccccc1Cl)[C@H]1CC(=O)N(c2n[nH]c3ccccc23)C1.